The Morgan fingerprint density at radius 3 is 2.22 bits per heavy atom. The molecule has 0 bridgehead atoms. The van der Waals surface area contributed by atoms with Crippen molar-refractivity contribution in [1.82, 2.24) is 15.2 Å². The monoisotopic (exact) mass is 735 g/mol. The molecule has 1 aromatic heterocycles. The molecular weight excluding hydrogens is 687 g/mol. The highest BCUT2D eigenvalue weighted by atomic mass is 35.5. The largest absolute Gasteiger partial charge is 0.477 e. The number of piperazine rings is 1. The van der Waals surface area contributed by atoms with Crippen LogP contribution in [0.1, 0.15) is 59.7 Å². The van der Waals surface area contributed by atoms with Gasteiger partial charge in [0.25, 0.3) is 11.8 Å². The molecule has 2 heterocycles. The molecule has 5 rings (SSSR count). The molecule has 0 radical (unpaired) electrons. The lowest BCUT2D eigenvalue weighted by atomic mass is 9.95. The molecule has 1 aliphatic heterocycles. The molecule has 2 aliphatic rings. The van der Waals surface area contributed by atoms with Gasteiger partial charge >= 0.3 is 6.18 Å². The normalized spacial score (nSPS) is 16.2. The molecule has 2 N–H and O–H groups in total. The molecule has 50 heavy (non-hydrogen) atoms. The Bertz CT molecular complexity index is 1580. The zero-order chi connectivity index (χ0) is 36.5. The van der Waals surface area contributed by atoms with Crippen molar-refractivity contribution in [2.75, 3.05) is 74.6 Å². The van der Waals surface area contributed by atoms with Crippen molar-refractivity contribution in [3.8, 4) is 17.0 Å². The zero-order valence-electron chi connectivity index (χ0n) is 29.5. The summed E-state index contributed by atoms with van der Waals surface area (Å²) in [6.45, 7) is 4.35. The summed E-state index contributed by atoms with van der Waals surface area (Å²) in [5, 5.41) is 6.89. The average molecular weight is 736 g/mol. The molecule has 274 valence electrons. The molecule has 1 aliphatic carbocycles. The zero-order valence-corrected chi connectivity index (χ0v) is 31.1. The van der Waals surface area contributed by atoms with Gasteiger partial charge in [-0.1, -0.05) is 36.9 Å². The number of carbonyl (C=O) groups is 2. The first-order valence-corrected chi connectivity index (χ1v) is 20.3. The third kappa shape index (κ3) is 12.7. The van der Waals surface area contributed by atoms with Gasteiger partial charge in [-0.05, 0) is 80.6 Å². The quantitative estimate of drug-likeness (QED) is 0.219. The van der Waals surface area contributed by atoms with Crippen LogP contribution in [0.4, 0.5) is 24.5 Å². The molecule has 0 unspecified atom stereocenters. The van der Waals surface area contributed by atoms with E-state index < -0.39 is 16.2 Å². The predicted molar refractivity (Wildman–Crippen MR) is 201 cm³/mol. The van der Waals surface area contributed by atoms with Gasteiger partial charge in [-0.25, -0.2) is 15.0 Å². The molecule has 0 spiro atoms. The van der Waals surface area contributed by atoms with Crippen LogP contribution in [0.5, 0.6) is 5.88 Å². The average Bonchev–Trinajstić information content (AvgIpc) is 3.05. The predicted octanol–water partition coefficient (Wildman–Crippen LogP) is 8.11. The van der Waals surface area contributed by atoms with Crippen LogP contribution in [0, 0.1) is 0 Å². The maximum absolute atomic E-state index is 13.5. The van der Waals surface area contributed by atoms with Crippen molar-refractivity contribution < 1.29 is 27.5 Å². The summed E-state index contributed by atoms with van der Waals surface area (Å²) in [6, 6.07) is 15.1. The minimum absolute atomic E-state index is 0.0815. The standard InChI is InChI=1S/C35H46ClN5O3S.C2H3F3/c1-40-16-18-41(19-17-40)32-14-11-25(29-22-26(10-13-30(29)36)34(42)38-28-8-6-5-7-9-28)23-31(32)39-35(43)27-12-15-33(37-24-27)44-20-21-45(2,3)4;1-2(3,4)5/h10-15,22-24,28H,5-9,16-21H2,1-4H3,(H,38,42)(H,39,43);1H3. The highest BCUT2D eigenvalue weighted by Gasteiger charge is 2.22. The minimum Gasteiger partial charge on any atom is -0.477 e. The smallest absolute Gasteiger partial charge is 0.386 e. The molecule has 13 heteroatoms. The van der Waals surface area contributed by atoms with E-state index in [2.05, 4.69) is 51.2 Å². The molecular formula is C37H49ClF3N5O3S. The Kier molecular flexibility index (Phi) is 13.9. The lowest BCUT2D eigenvalue weighted by Gasteiger charge is -2.35. The number of anilines is 2. The van der Waals surface area contributed by atoms with Crippen LogP contribution < -0.4 is 20.3 Å². The topological polar surface area (TPSA) is 86.8 Å². The van der Waals surface area contributed by atoms with E-state index in [-0.39, 0.29) is 24.8 Å². The first kappa shape index (κ1) is 39.3. The van der Waals surface area contributed by atoms with E-state index in [1.807, 2.05) is 24.3 Å². The number of alkyl halides is 3. The number of nitrogens with zero attached hydrogens (tertiary/aromatic N) is 3. The summed E-state index contributed by atoms with van der Waals surface area (Å²) in [6.07, 6.45) is 9.88. The fourth-order valence-corrected chi connectivity index (χ4v) is 6.53. The van der Waals surface area contributed by atoms with Gasteiger partial charge in [0.15, 0.2) is 0 Å². The third-order valence-corrected chi connectivity index (χ3v) is 10.2. The van der Waals surface area contributed by atoms with Crippen molar-refractivity contribution >= 4 is 44.8 Å². The van der Waals surface area contributed by atoms with Crippen LogP contribution in [0.25, 0.3) is 11.1 Å². The van der Waals surface area contributed by atoms with E-state index in [4.69, 9.17) is 16.3 Å². The Morgan fingerprint density at radius 2 is 1.60 bits per heavy atom. The SMILES string of the molecule is CC(F)(F)F.CN1CCN(c2ccc(-c3cc(C(=O)NC4CCCCC4)ccc3Cl)cc2NC(=O)c2ccc(OCCS(C)(C)C)nc2)CC1. The van der Waals surface area contributed by atoms with Crippen LogP contribution in [0.3, 0.4) is 0 Å². The van der Waals surface area contributed by atoms with Gasteiger partial charge in [-0.15, -0.1) is 0 Å². The number of carbonyl (C=O) groups excluding carboxylic acids is 2. The van der Waals surface area contributed by atoms with Gasteiger partial charge in [0.1, 0.15) is 0 Å². The van der Waals surface area contributed by atoms with E-state index in [1.54, 1.807) is 30.5 Å². The Morgan fingerprint density at radius 1 is 0.940 bits per heavy atom. The van der Waals surface area contributed by atoms with Gasteiger partial charge in [0.2, 0.25) is 5.88 Å². The number of aromatic nitrogens is 1. The Labute approximate surface area is 300 Å². The third-order valence-electron chi connectivity index (χ3n) is 8.51. The Hall–Kier alpha value is -3.48. The summed E-state index contributed by atoms with van der Waals surface area (Å²) in [7, 11) is 1.46. The number of ether oxygens (including phenoxy) is 1. The van der Waals surface area contributed by atoms with Crippen LogP contribution in [0.15, 0.2) is 54.7 Å². The first-order chi connectivity index (χ1) is 23.6. The number of nitrogens with one attached hydrogen (secondary N) is 2. The first-order valence-electron chi connectivity index (χ1n) is 16.9. The lowest BCUT2D eigenvalue weighted by molar-refractivity contribution is -0.110. The number of hydrogen-bond acceptors (Lipinski definition) is 6. The second kappa shape index (κ2) is 17.6. The number of halogens is 4. The van der Waals surface area contributed by atoms with Crippen LogP contribution in [0.2, 0.25) is 5.02 Å². The summed E-state index contributed by atoms with van der Waals surface area (Å²) in [4.78, 5) is 35.6. The number of pyridine rings is 1. The molecule has 2 fully saturated rings. The second-order valence-electron chi connectivity index (χ2n) is 13.8. The molecule has 1 saturated carbocycles. The van der Waals surface area contributed by atoms with E-state index >= 15 is 0 Å². The van der Waals surface area contributed by atoms with Crippen LogP contribution >= 0.6 is 21.6 Å². The van der Waals surface area contributed by atoms with E-state index in [9.17, 15) is 22.8 Å². The number of likely N-dealkylation sites (N-methyl/N-ethyl adjacent to an activating group) is 1. The summed E-state index contributed by atoms with van der Waals surface area (Å²) >= 11 is 6.71. The number of rotatable bonds is 10. The van der Waals surface area contributed by atoms with Crippen LogP contribution in [-0.4, -0.2) is 98.3 Å². The molecule has 2 aromatic carbocycles. The van der Waals surface area contributed by atoms with Crippen molar-refractivity contribution in [2.45, 2.75) is 51.2 Å². The van der Waals surface area contributed by atoms with Crippen molar-refractivity contribution in [3.63, 3.8) is 0 Å². The van der Waals surface area contributed by atoms with Gasteiger partial charge < -0.3 is 25.2 Å². The minimum atomic E-state index is -4.00. The van der Waals surface area contributed by atoms with Gasteiger partial charge in [0.05, 0.1) is 23.5 Å². The molecule has 2 amide bonds. The van der Waals surface area contributed by atoms with Crippen molar-refractivity contribution in [3.05, 3.63) is 70.9 Å². The number of hydrogen-bond donors (Lipinski definition) is 2. The second-order valence-corrected chi connectivity index (χ2v) is 18.8. The summed E-state index contributed by atoms with van der Waals surface area (Å²) in [5.74, 6) is 1.16. The van der Waals surface area contributed by atoms with E-state index in [0.29, 0.717) is 34.3 Å². The van der Waals surface area contributed by atoms with E-state index in [0.717, 1.165) is 74.4 Å². The van der Waals surface area contributed by atoms with Gasteiger partial charge in [-0.2, -0.15) is 13.2 Å². The van der Waals surface area contributed by atoms with Gasteiger partial charge in [-0.3, -0.25) is 9.59 Å². The van der Waals surface area contributed by atoms with Crippen LogP contribution in [-0.2, 0) is 0 Å². The fraction of sp³-hybridized carbons (Fsp3) is 0.486. The number of benzene rings is 2. The maximum atomic E-state index is 13.5. The molecule has 3 aromatic rings. The molecule has 0 atom stereocenters. The van der Waals surface area contributed by atoms with E-state index in [1.165, 1.54) is 6.42 Å². The van der Waals surface area contributed by atoms with Crippen molar-refractivity contribution in [1.29, 1.82) is 0 Å². The fourth-order valence-electron chi connectivity index (χ4n) is 5.72. The summed E-state index contributed by atoms with van der Waals surface area (Å²) in [5.41, 5.74) is 4.21. The molecule has 8 nitrogen and oxygen atoms in total. The highest BCUT2D eigenvalue weighted by molar-refractivity contribution is 8.32. The van der Waals surface area contributed by atoms with Crippen molar-refractivity contribution in [2.24, 2.45) is 0 Å². The van der Waals surface area contributed by atoms with Gasteiger partial charge in [0, 0.05) is 73.3 Å². The number of amides is 2. The lowest BCUT2D eigenvalue weighted by Crippen LogP contribution is -2.44. The highest BCUT2D eigenvalue weighted by Crippen LogP contribution is 2.36. The summed E-state index contributed by atoms with van der Waals surface area (Å²) < 4.78 is 36.9. The maximum Gasteiger partial charge on any atom is 0.386 e. The molecule has 1 saturated heterocycles. The Balaban J connectivity index is 0.00000105.